The number of esters is 1. The Kier molecular flexibility index (Phi) is 5.32. The molecule has 0 fully saturated rings. The monoisotopic (exact) mass is 343 g/mol. The summed E-state index contributed by atoms with van der Waals surface area (Å²) in [5.74, 6) is -1.73. The van der Waals surface area contributed by atoms with E-state index in [-0.39, 0.29) is 22.8 Å². The minimum atomic E-state index is -0.700. The summed E-state index contributed by atoms with van der Waals surface area (Å²) in [6, 6.07) is 9.31. The van der Waals surface area contributed by atoms with Gasteiger partial charge < -0.3 is 19.8 Å². The molecule has 6 nitrogen and oxygen atoms in total. The largest absolute Gasteiger partial charge is 0.508 e. The molecule has 0 aliphatic heterocycles. The lowest BCUT2D eigenvalue weighted by Gasteiger charge is -2.24. The predicted octanol–water partition coefficient (Wildman–Crippen LogP) is 2.67. The molecule has 0 spiro atoms. The zero-order valence-electron chi connectivity index (χ0n) is 14.6. The molecule has 132 valence electrons. The van der Waals surface area contributed by atoms with Crippen molar-refractivity contribution in [2.45, 2.75) is 12.8 Å². The van der Waals surface area contributed by atoms with Crippen LogP contribution < -0.4 is 4.90 Å². The molecule has 0 saturated heterocycles. The maximum atomic E-state index is 12.4. The van der Waals surface area contributed by atoms with Gasteiger partial charge in [0.05, 0.1) is 13.0 Å². The van der Waals surface area contributed by atoms with Gasteiger partial charge in [0, 0.05) is 25.8 Å². The van der Waals surface area contributed by atoms with Gasteiger partial charge in [-0.05, 0) is 36.2 Å². The van der Waals surface area contributed by atoms with Gasteiger partial charge in [-0.3, -0.25) is 4.79 Å². The summed E-state index contributed by atoms with van der Waals surface area (Å²) in [4.78, 5) is 26.1. The van der Waals surface area contributed by atoms with Crippen molar-refractivity contribution in [2.75, 3.05) is 26.1 Å². The van der Waals surface area contributed by atoms with Crippen LogP contribution in [0.1, 0.15) is 34.3 Å². The second-order valence-electron chi connectivity index (χ2n) is 5.95. The molecule has 0 aromatic heterocycles. The molecule has 2 N–H and O–H groups in total. The number of ether oxygens (including phenoxy) is 1. The third-order valence-corrected chi connectivity index (χ3v) is 3.95. The number of anilines is 1. The summed E-state index contributed by atoms with van der Waals surface area (Å²) in [5, 5.41) is 19.9. The predicted molar refractivity (Wildman–Crippen MR) is 94.4 cm³/mol. The molecule has 0 aliphatic rings. The Balaban J connectivity index is 2.75. The number of phenols is 2. The molecule has 1 unspecified atom stereocenters. The van der Waals surface area contributed by atoms with Gasteiger partial charge in [-0.2, -0.15) is 0 Å². The molecule has 25 heavy (non-hydrogen) atoms. The SMILES string of the molecule is COC(=O)c1cc(C(C(C)=O)c2cccc(O)c2)c(N(C)C)cc1O. The number of nitrogens with zero attached hydrogens (tertiary/aromatic N) is 1. The Morgan fingerprint density at radius 1 is 1.12 bits per heavy atom. The lowest BCUT2D eigenvalue weighted by atomic mass is 9.85. The van der Waals surface area contributed by atoms with Crippen molar-refractivity contribution in [3.63, 3.8) is 0 Å². The lowest BCUT2D eigenvalue weighted by Crippen LogP contribution is -2.18. The number of carbonyl (C=O) groups excluding carboxylic acids is 2. The quantitative estimate of drug-likeness (QED) is 0.812. The summed E-state index contributed by atoms with van der Waals surface area (Å²) >= 11 is 0. The van der Waals surface area contributed by atoms with Gasteiger partial charge in [-0.1, -0.05) is 12.1 Å². The first-order valence-electron chi connectivity index (χ1n) is 7.68. The Labute approximate surface area is 146 Å². The van der Waals surface area contributed by atoms with Crippen molar-refractivity contribution >= 4 is 17.4 Å². The van der Waals surface area contributed by atoms with Crippen LogP contribution in [0.5, 0.6) is 11.5 Å². The fraction of sp³-hybridized carbons (Fsp3) is 0.263. The van der Waals surface area contributed by atoms with E-state index in [0.29, 0.717) is 16.8 Å². The first-order valence-corrected chi connectivity index (χ1v) is 7.68. The summed E-state index contributed by atoms with van der Waals surface area (Å²) in [6.45, 7) is 1.44. The number of Topliss-reactive ketones (excluding diaryl/α,β-unsaturated/α-hetero) is 1. The number of hydrogen-bond acceptors (Lipinski definition) is 6. The molecule has 2 aromatic carbocycles. The van der Waals surface area contributed by atoms with Crippen molar-refractivity contribution in [2.24, 2.45) is 0 Å². The highest BCUT2D eigenvalue weighted by Gasteiger charge is 2.26. The van der Waals surface area contributed by atoms with E-state index in [2.05, 4.69) is 0 Å². The second-order valence-corrected chi connectivity index (χ2v) is 5.95. The van der Waals surface area contributed by atoms with Gasteiger partial charge in [0.2, 0.25) is 0 Å². The Bertz CT molecular complexity index is 813. The first kappa shape index (κ1) is 18.3. The van der Waals surface area contributed by atoms with Crippen LogP contribution in [0.2, 0.25) is 0 Å². The minimum absolute atomic E-state index is 0.0190. The molecular weight excluding hydrogens is 322 g/mol. The van der Waals surface area contributed by atoms with E-state index in [0.717, 1.165) is 0 Å². The average molecular weight is 343 g/mol. The van der Waals surface area contributed by atoms with Crippen LogP contribution in [0.3, 0.4) is 0 Å². The van der Waals surface area contributed by atoms with Crippen LogP contribution in [0.25, 0.3) is 0 Å². The van der Waals surface area contributed by atoms with Gasteiger partial charge in [-0.15, -0.1) is 0 Å². The molecule has 0 heterocycles. The molecule has 1 atom stereocenters. The number of hydrogen-bond donors (Lipinski definition) is 2. The summed E-state index contributed by atoms with van der Waals surface area (Å²) in [5.41, 5.74) is 1.71. The summed E-state index contributed by atoms with van der Waals surface area (Å²) < 4.78 is 4.70. The van der Waals surface area contributed by atoms with E-state index in [9.17, 15) is 19.8 Å². The summed E-state index contributed by atoms with van der Waals surface area (Å²) in [7, 11) is 4.77. The van der Waals surface area contributed by atoms with Gasteiger partial charge >= 0.3 is 5.97 Å². The van der Waals surface area contributed by atoms with Crippen molar-refractivity contribution in [3.8, 4) is 11.5 Å². The fourth-order valence-corrected chi connectivity index (χ4v) is 2.82. The van der Waals surface area contributed by atoms with Crippen LogP contribution in [0.15, 0.2) is 36.4 Å². The van der Waals surface area contributed by atoms with E-state index >= 15 is 0 Å². The molecule has 2 aromatic rings. The maximum Gasteiger partial charge on any atom is 0.341 e. The first-order chi connectivity index (χ1) is 11.8. The highest BCUT2D eigenvalue weighted by atomic mass is 16.5. The van der Waals surface area contributed by atoms with Gasteiger partial charge in [0.1, 0.15) is 22.8 Å². The molecule has 2 rings (SSSR count). The highest BCUT2D eigenvalue weighted by molar-refractivity contribution is 5.96. The lowest BCUT2D eigenvalue weighted by molar-refractivity contribution is -0.117. The Morgan fingerprint density at radius 2 is 1.80 bits per heavy atom. The molecule has 0 bridgehead atoms. The van der Waals surface area contributed by atoms with Gasteiger partial charge in [0.25, 0.3) is 0 Å². The maximum absolute atomic E-state index is 12.4. The van der Waals surface area contributed by atoms with Crippen LogP contribution in [0.4, 0.5) is 5.69 Å². The van der Waals surface area contributed by atoms with Crippen LogP contribution in [-0.2, 0) is 9.53 Å². The van der Waals surface area contributed by atoms with Crippen LogP contribution in [0, 0.1) is 0 Å². The number of rotatable bonds is 5. The third kappa shape index (κ3) is 3.74. The molecule has 6 heteroatoms. The van der Waals surface area contributed by atoms with Crippen molar-refractivity contribution in [1.29, 1.82) is 0 Å². The number of carbonyl (C=O) groups is 2. The van der Waals surface area contributed by atoms with Crippen molar-refractivity contribution in [3.05, 3.63) is 53.1 Å². The highest BCUT2D eigenvalue weighted by Crippen LogP contribution is 2.38. The van der Waals surface area contributed by atoms with E-state index in [1.165, 1.54) is 38.3 Å². The van der Waals surface area contributed by atoms with Gasteiger partial charge in [-0.25, -0.2) is 4.79 Å². The normalized spacial score (nSPS) is 11.7. The van der Waals surface area contributed by atoms with E-state index < -0.39 is 11.9 Å². The smallest absolute Gasteiger partial charge is 0.341 e. The molecule has 0 radical (unpaired) electrons. The van der Waals surface area contributed by atoms with Crippen LogP contribution in [-0.4, -0.2) is 43.2 Å². The molecule has 0 saturated carbocycles. The molecular formula is C19H21NO5. The van der Waals surface area contributed by atoms with E-state index in [1.54, 1.807) is 31.1 Å². The second kappa shape index (κ2) is 7.25. The molecule has 0 aliphatic carbocycles. The van der Waals surface area contributed by atoms with Crippen molar-refractivity contribution < 1.29 is 24.5 Å². The average Bonchev–Trinajstić information content (AvgIpc) is 2.55. The summed E-state index contributed by atoms with van der Waals surface area (Å²) in [6.07, 6.45) is 0. The Morgan fingerprint density at radius 3 is 2.32 bits per heavy atom. The number of phenolic OH excluding ortho intramolecular Hbond substituents is 2. The van der Waals surface area contributed by atoms with E-state index in [4.69, 9.17) is 4.74 Å². The topological polar surface area (TPSA) is 87.1 Å². The number of aromatic hydroxyl groups is 2. The Hall–Kier alpha value is -3.02. The molecule has 0 amide bonds. The zero-order chi connectivity index (χ0) is 18.7. The van der Waals surface area contributed by atoms with Crippen molar-refractivity contribution in [1.82, 2.24) is 0 Å². The van der Waals surface area contributed by atoms with E-state index in [1.807, 2.05) is 0 Å². The standard InChI is InChI=1S/C19H21NO5/c1-11(21)18(12-6-5-7-13(22)8-12)14-9-15(19(24)25-4)17(23)10-16(14)20(2)3/h5-10,18,22-23H,1-4H3. The zero-order valence-corrected chi connectivity index (χ0v) is 14.6. The third-order valence-electron chi connectivity index (χ3n) is 3.95. The van der Waals surface area contributed by atoms with Gasteiger partial charge in [0.15, 0.2) is 0 Å². The minimum Gasteiger partial charge on any atom is -0.508 e. The fourth-order valence-electron chi connectivity index (χ4n) is 2.82. The van der Waals surface area contributed by atoms with Crippen LogP contribution >= 0.6 is 0 Å². The number of ketones is 1. The number of methoxy groups -OCH3 is 1. The number of benzene rings is 2.